The maximum Gasteiger partial charge on any atom is 0.262 e. The van der Waals surface area contributed by atoms with E-state index in [1.54, 1.807) is 18.2 Å². The molecule has 0 saturated heterocycles. The number of benzene rings is 3. The Morgan fingerprint density at radius 3 is 2.41 bits per heavy atom. The fourth-order valence-electron chi connectivity index (χ4n) is 3.29. The number of nitrogens with one attached hydrogen (secondary N) is 1. The molecule has 0 aliphatic heterocycles. The number of nitriles is 1. The minimum atomic E-state index is -0.441. The number of hydrogen-bond donors (Lipinski definition) is 1. The van der Waals surface area contributed by atoms with E-state index in [9.17, 15) is 10.1 Å². The van der Waals surface area contributed by atoms with E-state index >= 15 is 0 Å². The van der Waals surface area contributed by atoms with Crippen LogP contribution in [-0.2, 0) is 11.4 Å². The first kappa shape index (κ1) is 25.1. The predicted octanol–water partition coefficient (Wildman–Crippen LogP) is 6.52. The molecular formula is C28H27BrN2O3. The molecule has 0 aliphatic carbocycles. The maximum atomic E-state index is 12.8. The Hall–Kier alpha value is -3.56. The van der Waals surface area contributed by atoms with Crippen molar-refractivity contribution in [2.45, 2.75) is 33.4 Å². The lowest BCUT2D eigenvalue weighted by molar-refractivity contribution is -0.117. The summed E-state index contributed by atoms with van der Waals surface area (Å²) in [5.74, 6) is 0.676. The molecule has 0 aromatic heterocycles. The van der Waals surface area contributed by atoms with Crippen molar-refractivity contribution in [3.8, 4) is 17.6 Å². The summed E-state index contributed by atoms with van der Waals surface area (Å²) in [7, 11) is 0. The Kier molecular flexibility index (Phi) is 8.89. The molecule has 0 fully saturated rings. The molecule has 0 spiro atoms. The number of halogens is 1. The maximum absolute atomic E-state index is 12.8. The van der Waals surface area contributed by atoms with Crippen LogP contribution in [0.15, 0.2) is 76.8 Å². The highest BCUT2D eigenvalue weighted by Crippen LogP contribution is 2.35. The Labute approximate surface area is 209 Å². The molecule has 1 amide bonds. The normalized spacial score (nSPS) is 11.9. The molecule has 34 heavy (non-hydrogen) atoms. The van der Waals surface area contributed by atoms with Crippen LogP contribution in [-0.4, -0.2) is 12.5 Å². The minimum Gasteiger partial charge on any atom is -0.490 e. The zero-order valence-corrected chi connectivity index (χ0v) is 21.1. The summed E-state index contributed by atoms with van der Waals surface area (Å²) < 4.78 is 12.5. The van der Waals surface area contributed by atoms with Gasteiger partial charge in [-0.25, -0.2) is 0 Å². The van der Waals surface area contributed by atoms with Crippen LogP contribution in [0.5, 0.6) is 11.5 Å². The number of ether oxygens (including phenoxy) is 2. The summed E-state index contributed by atoms with van der Waals surface area (Å²) in [6.45, 7) is 6.66. The number of hydrogen-bond acceptors (Lipinski definition) is 4. The van der Waals surface area contributed by atoms with Gasteiger partial charge in [-0.3, -0.25) is 4.79 Å². The third-order valence-corrected chi connectivity index (χ3v) is 5.88. The van der Waals surface area contributed by atoms with Crippen molar-refractivity contribution in [1.82, 2.24) is 5.32 Å². The third-order valence-electron chi connectivity index (χ3n) is 5.19. The molecule has 0 unspecified atom stereocenters. The number of nitrogens with zero attached hydrogens (tertiary/aromatic N) is 1. The van der Waals surface area contributed by atoms with Crippen LogP contribution >= 0.6 is 15.9 Å². The summed E-state index contributed by atoms with van der Waals surface area (Å²) >= 11 is 3.54. The second-order valence-electron chi connectivity index (χ2n) is 7.80. The van der Waals surface area contributed by atoms with Crippen molar-refractivity contribution in [3.05, 3.63) is 99.0 Å². The van der Waals surface area contributed by atoms with Crippen LogP contribution in [0.1, 0.15) is 42.1 Å². The van der Waals surface area contributed by atoms with E-state index < -0.39 is 5.91 Å². The van der Waals surface area contributed by atoms with Crippen LogP contribution in [0.2, 0.25) is 0 Å². The summed E-state index contributed by atoms with van der Waals surface area (Å²) in [5.41, 5.74) is 3.84. The first-order chi connectivity index (χ1) is 16.4. The smallest absolute Gasteiger partial charge is 0.262 e. The van der Waals surface area contributed by atoms with Crippen LogP contribution < -0.4 is 14.8 Å². The molecule has 1 N–H and O–H groups in total. The monoisotopic (exact) mass is 518 g/mol. The van der Waals surface area contributed by atoms with Gasteiger partial charge in [0.1, 0.15) is 18.2 Å². The lowest BCUT2D eigenvalue weighted by Gasteiger charge is -2.15. The molecule has 5 nitrogen and oxygen atoms in total. The number of carbonyl (C=O) groups is 1. The van der Waals surface area contributed by atoms with Gasteiger partial charge in [0.15, 0.2) is 11.5 Å². The van der Waals surface area contributed by atoms with Gasteiger partial charge < -0.3 is 14.8 Å². The number of carbonyl (C=O) groups excluding carboxylic acids is 1. The highest BCUT2D eigenvalue weighted by molar-refractivity contribution is 9.10. The number of aryl methyl sites for hydroxylation is 1. The van der Waals surface area contributed by atoms with Gasteiger partial charge in [-0.1, -0.05) is 76.1 Å². The molecule has 0 saturated carbocycles. The topological polar surface area (TPSA) is 71.3 Å². The zero-order chi connectivity index (χ0) is 24.5. The van der Waals surface area contributed by atoms with Gasteiger partial charge in [-0.05, 0) is 55.7 Å². The molecule has 0 radical (unpaired) electrons. The SMILES string of the molecule is CCOc1cc(/C=C(/C#N)C(=O)N[C@H](C)c2ccccc2)c(Br)cc1OCc1ccc(C)cc1. The van der Waals surface area contributed by atoms with Gasteiger partial charge in [0, 0.05) is 4.47 Å². The molecule has 174 valence electrons. The van der Waals surface area contributed by atoms with Gasteiger partial charge in [0.2, 0.25) is 0 Å². The van der Waals surface area contributed by atoms with E-state index in [-0.39, 0.29) is 11.6 Å². The minimum absolute atomic E-state index is 0.000691. The van der Waals surface area contributed by atoms with Crippen LogP contribution in [0.4, 0.5) is 0 Å². The second-order valence-corrected chi connectivity index (χ2v) is 8.66. The number of amides is 1. The second kappa shape index (κ2) is 12.1. The summed E-state index contributed by atoms with van der Waals surface area (Å²) in [6.07, 6.45) is 1.55. The quantitative estimate of drug-likeness (QED) is 0.258. The van der Waals surface area contributed by atoms with Crippen LogP contribution in [0.25, 0.3) is 6.08 Å². The molecule has 0 bridgehead atoms. The average molecular weight is 519 g/mol. The molecule has 1 atom stereocenters. The van der Waals surface area contributed by atoms with Crippen molar-refractivity contribution < 1.29 is 14.3 Å². The lowest BCUT2D eigenvalue weighted by atomic mass is 10.1. The van der Waals surface area contributed by atoms with Gasteiger partial charge in [0.25, 0.3) is 5.91 Å². The molecule has 0 aliphatic rings. The summed E-state index contributed by atoms with van der Waals surface area (Å²) in [6, 6.07) is 23.1. The van der Waals surface area contributed by atoms with E-state index in [1.807, 2.05) is 81.4 Å². The summed E-state index contributed by atoms with van der Waals surface area (Å²) in [4.78, 5) is 12.8. The van der Waals surface area contributed by atoms with Crippen LogP contribution in [0, 0.1) is 18.3 Å². The fourth-order valence-corrected chi connectivity index (χ4v) is 3.73. The highest BCUT2D eigenvalue weighted by atomic mass is 79.9. The van der Waals surface area contributed by atoms with Crippen molar-refractivity contribution in [2.24, 2.45) is 0 Å². The first-order valence-electron chi connectivity index (χ1n) is 11.0. The standard InChI is InChI=1S/C28H27BrN2O3/c1-4-33-26-15-23(25(29)16-27(26)34-18-21-12-10-19(2)11-13-21)14-24(17-30)28(32)31-20(3)22-8-6-5-7-9-22/h5-16,20H,4,18H2,1-3H3,(H,31,32)/b24-14-/t20-/m1/s1. The Morgan fingerprint density at radius 2 is 1.76 bits per heavy atom. The van der Waals surface area contributed by atoms with E-state index in [0.29, 0.717) is 34.7 Å². The average Bonchev–Trinajstić information content (AvgIpc) is 2.84. The first-order valence-corrected chi connectivity index (χ1v) is 11.8. The van der Waals surface area contributed by atoms with Crippen molar-refractivity contribution in [2.75, 3.05) is 6.61 Å². The van der Waals surface area contributed by atoms with Crippen molar-refractivity contribution in [1.29, 1.82) is 5.26 Å². The van der Waals surface area contributed by atoms with Gasteiger partial charge in [0.05, 0.1) is 12.6 Å². The van der Waals surface area contributed by atoms with Crippen LogP contribution in [0.3, 0.4) is 0 Å². The predicted molar refractivity (Wildman–Crippen MR) is 137 cm³/mol. The van der Waals surface area contributed by atoms with E-state index in [4.69, 9.17) is 9.47 Å². The van der Waals surface area contributed by atoms with Gasteiger partial charge in [-0.15, -0.1) is 0 Å². The third kappa shape index (κ3) is 6.72. The fraction of sp³-hybridized carbons (Fsp3) is 0.214. The Bertz CT molecular complexity index is 1200. The molecule has 6 heteroatoms. The van der Waals surface area contributed by atoms with E-state index in [0.717, 1.165) is 11.1 Å². The molecule has 3 aromatic carbocycles. The van der Waals surface area contributed by atoms with Gasteiger partial charge >= 0.3 is 0 Å². The van der Waals surface area contributed by atoms with Gasteiger partial charge in [-0.2, -0.15) is 5.26 Å². The number of rotatable bonds is 9. The molecule has 0 heterocycles. The lowest BCUT2D eigenvalue weighted by Crippen LogP contribution is -2.27. The Balaban J connectivity index is 1.81. The van der Waals surface area contributed by atoms with E-state index in [1.165, 1.54) is 5.56 Å². The van der Waals surface area contributed by atoms with Crippen molar-refractivity contribution >= 4 is 27.9 Å². The van der Waals surface area contributed by atoms with E-state index in [2.05, 4.69) is 21.2 Å². The summed E-state index contributed by atoms with van der Waals surface area (Å²) in [5, 5.41) is 12.5. The Morgan fingerprint density at radius 1 is 1.09 bits per heavy atom. The molecule has 3 rings (SSSR count). The largest absolute Gasteiger partial charge is 0.490 e. The van der Waals surface area contributed by atoms with Crippen molar-refractivity contribution in [3.63, 3.8) is 0 Å². The molecule has 3 aromatic rings. The zero-order valence-electron chi connectivity index (χ0n) is 19.5. The molecular weight excluding hydrogens is 492 g/mol. The highest BCUT2D eigenvalue weighted by Gasteiger charge is 2.16.